The molecule has 0 bridgehead atoms. The van der Waals surface area contributed by atoms with Crippen molar-refractivity contribution in [3.8, 4) is 11.1 Å². The van der Waals surface area contributed by atoms with Crippen molar-refractivity contribution in [1.29, 1.82) is 0 Å². The molecule has 1 N–H and O–H groups in total. The predicted octanol–water partition coefficient (Wildman–Crippen LogP) is 5.53. The van der Waals surface area contributed by atoms with Gasteiger partial charge in [-0.15, -0.1) is 0 Å². The number of rotatable bonds is 8. The fraction of sp³-hybridized carbons (Fsp3) is 0.214. The number of carboxylic acid groups (broad SMARTS) is 1. The molecule has 178 valence electrons. The van der Waals surface area contributed by atoms with Gasteiger partial charge in [-0.1, -0.05) is 66.2 Å². The van der Waals surface area contributed by atoms with Crippen LogP contribution in [0.5, 0.6) is 0 Å². The molecule has 0 aromatic heterocycles. The van der Waals surface area contributed by atoms with Gasteiger partial charge in [0.1, 0.15) is 6.54 Å². The van der Waals surface area contributed by atoms with Crippen LogP contribution in [0.4, 0.5) is 5.69 Å². The minimum absolute atomic E-state index is 0.0111. The summed E-state index contributed by atoms with van der Waals surface area (Å²) in [4.78, 5) is 43.5. The number of benzodiazepines with no additional fused rings is 1. The SMILES string of the molecule is CC1=NCC(=O)N(CCC(CC(=O)c2ccc(-c3ccc(Cl)cc3)cc2)C(=O)O)c2ccccc21. The summed E-state index contributed by atoms with van der Waals surface area (Å²) in [6.07, 6.45) is 0.0118. The van der Waals surface area contributed by atoms with Gasteiger partial charge in [0.2, 0.25) is 5.91 Å². The number of para-hydroxylation sites is 1. The number of anilines is 1. The number of aliphatic carboxylic acids is 1. The second kappa shape index (κ2) is 10.7. The second-order valence-corrected chi connectivity index (χ2v) is 8.94. The third-order valence-electron chi connectivity index (χ3n) is 6.20. The van der Waals surface area contributed by atoms with Crippen LogP contribution in [-0.4, -0.2) is 41.6 Å². The fourth-order valence-electron chi connectivity index (χ4n) is 4.18. The molecule has 7 heteroatoms. The van der Waals surface area contributed by atoms with E-state index in [0.717, 1.165) is 22.4 Å². The maximum atomic E-state index is 12.9. The van der Waals surface area contributed by atoms with Gasteiger partial charge in [0.05, 0.1) is 11.6 Å². The van der Waals surface area contributed by atoms with Crippen LogP contribution in [0.25, 0.3) is 11.1 Å². The number of Topliss-reactive ketones (excluding diaryl/α,β-unsaturated/α-hetero) is 1. The summed E-state index contributed by atoms with van der Waals surface area (Å²) in [5, 5.41) is 10.4. The Balaban J connectivity index is 1.45. The van der Waals surface area contributed by atoms with Crippen LogP contribution in [0.15, 0.2) is 77.8 Å². The molecule has 0 saturated heterocycles. The van der Waals surface area contributed by atoms with Crippen molar-refractivity contribution in [3.05, 3.63) is 88.9 Å². The van der Waals surface area contributed by atoms with Gasteiger partial charge in [-0.05, 0) is 42.7 Å². The van der Waals surface area contributed by atoms with Gasteiger partial charge in [-0.3, -0.25) is 19.4 Å². The van der Waals surface area contributed by atoms with Gasteiger partial charge in [-0.2, -0.15) is 0 Å². The molecule has 1 amide bonds. The maximum Gasteiger partial charge on any atom is 0.307 e. The molecular weight excluding hydrogens is 464 g/mol. The topological polar surface area (TPSA) is 87.0 Å². The molecule has 35 heavy (non-hydrogen) atoms. The number of aliphatic imine (C=N–C) groups is 1. The van der Waals surface area contributed by atoms with Crippen LogP contribution in [0.1, 0.15) is 35.7 Å². The Morgan fingerprint density at radius 3 is 2.29 bits per heavy atom. The number of carboxylic acids is 1. The number of carbonyl (C=O) groups excluding carboxylic acids is 2. The lowest BCUT2D eigenvalue weighted by Gasteiger charge is -2.24. The van der Waals surface area contributed by atoms with Crippen molar-refractivity contribution >= 4 is 40.7 Å². The summed E-state index contributed by atoms with van der Waals surface area (Å²) in [6.45, 7) is 2.06. The van der Waals surface area contributed by atoms with E-state index in [2.05, 4.69) is 4.99 Å². The zero-order valence-corrected chi connectivity index (χ0v) is 20.0. The zero-order chi connectivity index (χ0) is 24.9. The highest BCUT2D eigenvalue weighted by molar-refractivity contribution is 6.30. The van der Waals surface area contributed by atoms with Gasteiger partial charge >= 0.3 is 5.97 Å². The number of nitrogens with zero attached hydrogens (tertiary/aromatic N) is 2. The average molecular weight is 489 g/mol. The first-order chi connectivity index (χ1) is 16.8. The molecule has 1 aliphatic heterocycles. The molecule has 6 nitrogen and oxygen atoms in total. The zero-order valence-electron chi connectivity index (χ0n) is 19.3. The van der Waals surface area contributed by atoms with Crippen molar-refractivity contribution in [1.82, 2.24) is 0 Å². The van der Waals surface area contributed by atoms with Gasteiger partial charge in [0.25, 0.3) is 0 Å². The minimum atomic E-state index is -1.06. The number of ketones is 1. The molecule has 4 rings (SSSR count). The summed E-state index contributed by atoms with van der Waals surface area (Å²) in [6, 6.07) is 21.9. The van der Waals surface area contributed by atoms with E-state index in [0.29, 0.717) is 16.3 Å². The Bertz CT molecular complexity index is 1280. The highest BCUT2D eigenvalue weighted by atomic mass is 35.5. The lowest BCUT2D eigenvalue weighted by atomic mass is 9.94. The molecule has 1 unspecified atom stereocenters. The van der Waals surface area contributed by atoms with Crippen molar-refractivity contribution in [2.75, 3.05) is 18.0 Å². The van der Waals surface area contributed by atoms with Crippen LogP contribution in [0.2, 0.25) is 5.02 Å². The first kappa shape index (κ1) is 24.4. The number of carbonyl (C=O) groups is 3. The first-order valence-electron chi connectivity index (χ1n) is 11.4. The van der Waals surface area contributed by atoms with Crippen LogP contribution in [0.3, 0.4) is 0 Å². The molecule has 3 aromatic carbocycles. The van der Waals surface area contributed by atoms with E-state index in [1.807, 2.05) is 55.5 Å². The summed E-state index contributed by atoms with van der Waals surface area (Å²) in [7, 11) is 0. The summed E-state index contributed by atoms with van der Waals surface area (Å²) < 4.78 is 0. The number of benzene rings is 3. The minimum Gasteiger partial charge on any atom is -0.481 e. The van der Waals surface area contributed by atoms with E-state index in [9.17, 15) is 19.5 Å². The number of fused-ring (bicyclic) bond motifs is 1. The van der Waals surface area contributed by atoms with E-state index < -0.39 is 11.9 Å². The quantitative estimate of drug-likeness (QED) is 0.422. The van der Waals surface area contributed by atoms with Crippen LogP contribution in [0, 0.1) is 5.92 Å². The van der Waals surface area contributed by atoms with E-state index in [4.69, 9.17) is 11.6 Å². The predicted molar refractivity (Wildman–Crippen MR) is 137 cm³/mol. The molecule has 0 fully saturated rings. The Labute approximate surface area is 208 Å². The largest absolute Gasteiger partial charge is 0.481 e. The first-order valence-corrected chi connectivity index (χ1v) is 11.7. The number of hydrogen-bond donors (Lipinski definition) is 1. The lowest BCUT2D eigenvalue weighted by molar-refractivity contribution is -0.142. The van der Waals surface area contributed by atoms with E-state index in [1.54, 1.807) is 29.2 Å². The van der Waals surface area contributed by atoms with Crippen LogP contribution in [-0.2, 0) is 9.59 Å². The standard InChI is InChI=1S/C28H25ClN2O4/c1-18-24-4-2-3-5-25(24)31(27(33)17-30-18)15-14-22(28(34)35)16-26(32)21-8-6-19(7-9-21)20-10-12-23(29)13-11-20/h2-13,22H,14-17H2,1H3,(H,34,35). The van der Waals surface area contributed by atoms with E-state index >= 15 is 0 Å². The maximum absolute atomic E-state index is 12.9. The normalized spacial score (nSPS) is 14.1. The monoisotopic (exact) mass is 488 g/mol. The van der Waals surface area contributed by atoms with Crippen molar-refractivity contribution < 1.29 is 19.5 Å². The van der Waals surface area contributed by atoms with Crippen LogP contribution < -0.4 is 4.90 Å². The summed E-state index contributed by atoms with van der Waals surface area (Å²) >= 11 is 5.94. The lowest BCUT2D eigenvalue weighted by Crippen LogP contribution is -2.35. The summed E-state index contributed by atoms with van der Waals surface area (Å²) in [5.41, 5.74) is 4.69. The molecule has 0 aliphatic carbocycles. The molecule has 1 atom stereocenters. The van der Waals surface area contributed by atoms with Gasteiger partial charge < -0.3 is 10.0 Å². The highest BCUT2D eigenvalue weighted by Crippen LogP contribution is 2.26. The highest BCUT2D eigenvalue weighted by Gasteiger charge is 2.27. The molecule has 0 saturated carbocycles. The molecular formula is C28H25ClN2O4. The van der Waals surface area contributed by atoms with Crippen LogP contribution >= 0.6 is 11.6 Å². The third kappa shape index (κ3) is 5.66. The second-order valence-electron chi connectivity index (χ2n) is 8.50. The Kier molecular flexibility index (Phi) is 7.42. The van der Waals surface area contributed by atoms with Gasteiger partial charge in [-0.25, -0.2) is 0 Å². The molecule has 1 heterocycles. The molecule has 1 aliphatic rings. The van der Waals surface area contributed by atoms with Crippen molar-refractivity contribution in [2.45, 2.75) is 19.8 Å². The number of hydrogen-bond acceptors (Lipinski definition) is 4. The molecule has 3 aromatic rings. The van der Waals surface area contributed by atoms with Gasteiger partial charge in [0.15, 0.2) is 5.78 Å². The third-order valence-corrected chi connectivity index (χ3v) is 6.46. The number of amides is 1. The van der Waals surface area contributed by atoms with E-state index in [1.165, 1.54) is 0 Å². The van der Waals surface area contributed by atoms with Gasteiger partial charge in [0, 0.05) is 34.8 Å². The Morgan fingerprint density at radius 1 is 1.00 bits per heavy atom. The summed E-state index contributed by atoms with van der Waals surface area (Å²) in [5.74, 6) is -2.41. The van der Waals surface area contributed by atoms with Crippen molar-refractivity contribution in [2.24, 2.45) is 10.9 Å². The molecule has 0 radical (unpaired) electrons. The fourth-order valence-corrected chi connectivity index (χ4v) is 4.31. The molecule has 0 spiro atoms. The smallest absolute Gasteiger partial charge is 0.307 e. The average Bonchev–Trinajstić information content (AvgIpc) is 2.98. The van der Waals surface area contributed by atoms with Crippen molar-refractivity contribution in [3.63, 3.8) is 0 Å². The number of halogens is 1. The Morgan fingerprint density at radius 2 is 1.63 bits per heavy atom. The van der Waals surface area contributed by atoms with E-state index in [-0.39, 0.29) is 37.6 Å². The Hall–Kier alpha value is -3.77.